The molecule has 1 aromatic rings. The number of aliphatic hydroxyl groups is 1. The first-order valence-corrected chi connectivity index (χ1v) is 5.56. The third kappa shape index (κ3) is 2.52. The summed E-state index contributed by atoms with van der Waals surface area (Å²) in [4.78, 5) is 20.6. The highest BCUT2D eigenvalue weighted by atomic mass is 16.4. The van der Waals surface area contributed by atoms with Gasteiger partial charge in [0.1, 0.15) is 5.82 Å². The molecule has 92 valence electrons. The predicted octanol–water partition coefficient (Wildman–Crippen LogP) is 0.382. The quantitative estimate of drug-likeness (QED) is 0.773. The number of piperidine rings is 1. The molecule has 2 heterocycles. The predicted molar refractivity (Wildman–Crippen MR) is 61.0 cm³/mol. The lowest BCUT2D eigenvalue weighted by Crippen LogP contribution is -2.42. The lowest BCUT2D eigenvalue weighted by molar-refractivity contribution is 0.0690. The number of nitrogens with zero attached hydrogens (tertiary/aromatic N) is 3. The van der Waals surface area contributed by atoms with Crippen molar-refractivity contribution in [1.29, 1.82) is 0 Å². The minimum atomic E-state index is -1.08. The summed E-state index contributed by atoms with van der Waals surface area (Å²) in [6, 6.07) is 0. The number of anilines is 1. The standard InChI is InChI=1S/C11H15N3O3/c1-7-6-14(3-2-9(7)15)10-5-12-8(4-13-10)11(16)17/h4-5,7,9,15H,2-3,6H2,1H3,(H,16,17). The van der Waals surface area contributed by atoms with Gasteiger partial charge in [-0.2, -0.15) is 0 Å². The molecule has 2 atom stereocenters. The van der Waals surface area contributed by atoms with E-state index in [0.29, 0.717) is 25.3 Å². The Balaban J connectivity index is 2.10. The molecule has 1 saturated heterocycles. The van der Waals surface area contributed by atoms with Crippen LogP contribution in [0.1, 0.15) is 23.8 Å². The second-order valence-corrected chi connectivity index (χ2v) is 4.34. The summed E-state index contributed by atoms with van der Waals surface area (Å²) in [5.41, 5.74) is -0.0566. The lowest BCUT2D eigenvalue weighted by atomic mass is 9.97. The smallest absolute Gasteiger partial charge is 0.356 e. The summed E-state index contributed by atoms with van der Waals surface area (Å²) in [7, 11) is 0. The van der Waals surface area contributed by atoms with Crippen LogP contribution >= 0.6 is 0 Å². The van der Waals surface area contributed by atoms with Crippen molar-refractivity contribution in [3.63, 3.8) is 0 Å². The molecule has 1 aliphatic rings. The molecule has 2 rings (SSSR count). The highest BCUT2D eigenvalue weighted by Crippen LogP contribution is 2.20. The highest BCUT2D eigenvalue weighted by molar-refractivity contribution is 5.84. The van der Waals surface area contributed by atoms with Gasteiger partial charge in [-0.25, -0.2) is 14.8 Å². The average Bonchev–Trinajstić information content (AvgIpc) is 2.33. The van der Waals surface area contributed by atoms with E-state index in [9.17, 15) is 9.90 Å². The number of aromatic carboxylic acids is 1. The van der Waals surface area contributed by atoms with E-state index >= 15 is 0 Å². The average molecular weight is 237 g/mol. The number of hydrogen-bond donors (Lipinski definition) is 2. The van der Waals surface area contributed by atoms with Crippen molar-refractivity contribution in [2.24, 2.45) is 5.92 Å². The molecule has 0 saturated carbocycles. The normalized spacial score (nSPS) is 24.7. The summed E-state index contributed by atoms with van der Waals surface area (Å²) in [6.45, 7) is 3.41. The topological polar surface area (TPSA) is 86.6 Å². The molecule has 0 bridgehead atoms. The maximum atomic E-state index is 10.6. The molecule has 1 fully saturated rings. The van der Waals surface area contributed by atoms with E-state index in [1.807, 2.05) is 11.8 Å². The molecule has 1 aromatic heterocycles. The van der Waals surface area contributed by atoms with Gasteiger partial charge in [0.05, 0.1) is 18.5 Å². The Kier molecular flexibility index (Phi) is 3.23. The van der Waals surface area contributed by atoms with Crippen molar-refractivity contribution in [1.82, 2.24) is 9.97 Å². The SMILES string of the molecule is CC1CN(c2cnc(C(=O)O)cn2)CCC1O. The van der Waals surface area contributed by atoms with Gasteiger partial charge in [-0.15, -0.1) is 0 Å². The molecule has 0 aliphatic carbocycles. The zero-order valence-electron chi connectivity index (χ0n) is 9.58. The number of carbonyl (C=O) groups is 1. The zero-order valence-corrected chi connectivity index (χ0v) is 9.58. The van der Waals surface area contributed by atoms with Crippen molar-refractivity contribution in [3.8, 4) is 0 Å². The molecular weight excluding hydrogens is 222 g/mol. The van der Waals surface area contributed by atoms with E-state index in [-0.39, 0.29) is 17.7 Å². The third-order valence-corrected chi connectivity index (χ3v) is 3.04. The molecule has 0 radical (unpaired) electrons. The maximum Gasteiger partial charge on any atom is 0.356 e. The molecule has 0 spiro atoms. The van der Waals surface area contributed by atoms with E-state index in [4.69, 9.17) is 5.11 Å². The van der Waals surface area contributed by atoms with Crippen molar-refractivity contribution in [2.75, 3.05) is 18.0 Å². The number of hydrogen-bond acceptors (Lipinski definition) is 5. The first kappa shape index (κ1) is 11.8. The van der Waals surface area contributed by atoms with E-state index < -0.39 is 5.97 Å². The minimum absolute atomic E-state index is 0.0566. The second kappa shape index (κ2) is 4.67. The Morgan fingerprint density at radius 3 is 2.76 bits per heavy atom. The first-order valence-electron chi connectivity index (χ1n) is 5.56. The van der Waals surface area contributed by atoms with Crippen molar-refractivity contribution in [3.05, 3.63) is 18.1 Å². The Morgan fingerprint density at radius 1 is 1.47 bits per heavy atom. The molecule has 0 amide bonds. The molecule has 17 heavy (non-hydrogen) atoms. The summed E-state index contributed by atoms with van der Waals surface area (Å²) in [6.07, 6.45) is 3.16. The fourth-order valence-corrected chi connectivity index (χ4v) is 1.94. The van der Waals surface area contributed by atoms with Crippen molar-refractivity contribution >= 4 is 11.8 Å². The molecular formula is C11H15N3O3. The zero-order chi connectivity index (χ0) is 12.4. The lowest BCUT2D eigenvalue weighted by Gasteiger charge is -2.34. The molecule has 2 unspecified atom stereocenters. The fraction of sp³-hybridized carbons (Fsp3) is 0.545. The van der Waals surface area contributed by atoms with Crippen LogP contribution in [0.3, 0.4) is 0 Å². The maximum absolute atomic E-state index is 10.6. The van der Waals surface area contributed by atoms with Gasteiger partial charge in [-0.3, -0.25) is 0 Å². The van der Waals surface area contributed by atoms with E-state index in [2.05, 4.69) is 9.97 Å². The van der Waals surface area contributed by atoms with Crippen molar-refractivity contribution in [2.45, 2.75) is 19.4 Å². The van der Waals surface area contributed by atoms with Gasteiger partial charge in [-0.1, -0.05) is 6.92 Å². The van der Waals surface area contributed by atoms with Crippen LogP contribution in [0.2, 0.25) is 0 Å². The van der Waals surface area contributed by atoms with Crippen LogP contribution in [0.5, 0.6) is 0 Å². The number of aromatic nitrogens is 2. The first-order chi connectivity index (χ1) is 8.08. The van der Waals surface area contributed by atoms with Crippen LogP contribution < -0.4 is 4.90 Å². The van der Waals surface area contributed by atoms with Gasteiger partial charge in [0.2, 0.25) is 0 Å². The Morgan fingerprint density at radius 2 is 2.24 bits per heavy atom. The molecule has 2 N–H and O–H groups in total. The van der Waals surface area contributed by atoms with Crippen LogP contribution in [0.15, 0.2) is 12.4 Å². The molecule has 1 aliphatic heterocycles. The van der Waals surface area contributed by atoms with Crippen LogP contribution in [0, 0.1) is 5.92 Å². The van der Waals surface area contributed by atoms with Gasteiger partial charge in [-0.05, 0) is 12.3 Å². The monoisotopic (exact) mass is 237 g/mol. The number of rotatable bonds is 2. The molecule has 6 nitrogen and oxygen atoms in total. The summed E-state index contributed by atoms with van der Waals surface area (Å²) < 4.78 is 0. The van der Waals surface area contributed by atoms with E-state index in [1.165, 1.54) is 12.4 Å². The van der Waals surface area contributed by atoms with Crippen molar-refractivity contribution < 1.29 is 15.0 Å². The van der Waals surface area contributed by atoms with Gasteiger partial charge in [0.25, 0.3) is 0 Å². The van der Waals surface area contributed by atoms with E-state index in [0.717, 1.165) is 0 Å². The van der Waals surface area contributed by atoms with Crippen LogP contribution in [0.4, 0.5) is 5.82 Å². The van der Waals surface area contributed by atoms with Gasteiger partial charge in [0.15, 0.2) is 5.69 Å². The number of carboxylic acids is 1. The highest BCUT2D eigenvalue weighted by Gasteiger charge is 2.25. The largest absolute Gasteiger partial charge is 0.476 e. The molecule has 6 heteroatoms. The van der Waals surface area contributed by atoms with Crippen LogP contribution in [-0.4, -0.2) is 45.3 Å². The Bertz CT molecular complexity index is 407. The van der Waals surface area contributed by atoms with Gasteiger partial charge < -0.3 is 15.1 Å². The Hall–Kier alpha value is -1.69. The van der Waals surface area contributed by atoms with Crippen LogP contribution in [-0.2, 0) is 0 Å². The van der Waals surface area contributed by atoms with Crippen LogP contribution in [0.25, 0.3) is 0 Å². The summed E-state index contributed by atoms with van der Waals surface area (Å²) in [5, 5.41) is 18.3. The Labute approximate surface area is 98.9 Å². The summed E-state index contributed by atoms with van der Waals surface area (Å²) >= 11 is 0. The summed E-state index contributed by atoms with van der Waals surface area (Å²) in [5.74, 6) is -0.232. The third-order valence-electron chi connectivity index (χ3n) is 3.04. The second-order valence-electron chi connectivity index (χ2n) is 4.34. The molecule has 0 aromatic carbocycles. The fourth-order valence-electron chi connectivity index (χ4n) is 1.94. The van der Waals surface area contributed by atoms with E-state index in [1.54, 1.807) is 0 Å². The van der Waals surface area contributed by atoms with Gasteiger partial charge in [0, 0.05) is 13.1 Å². The number of aliphatic hydroxyl groups excluding tert-OH is 1. The number of carboxylic acid groups (broad SMARTS) is 1. The minimum Gasteiger partial charge on any atom is -0.476 e. The van der Waals surface area contributed by atoms with Gasteiger partial charge >= 0.3 is 5.97 Å².